The zero-order valence-corrected chi connectivity index (χ0v) is 14.3. The Hall–Kier alpha value is -1.26. The highest BCUT2D eigenvalue weighted by Crippen LogP contribution is 2.44. The van der Waals surface area contributed by atoms with Crippen molar-refractivity contribution in [3.05, 3.63) is 47.4 Å². The molecule has 1 aromatic rings. The first-order valence-electron chi connectivity index (χ1n) is 7.78. The number of benzene rings is 1. The fourth-order valence-corrected chi connectivity index (χ4v) is 3.54. The molecule has 3 nitrogen and oxygen atoms in total. The Kier molecular flexibility index (Phi) is 6.09. The minimum Gasteiger partial charge on any atom is -0.464 e. The van der Waals surface area contributed by atoms with Crippen LogP contribution in [0.25, 0.3) is 0 Å². The second kappa shape index (κ2) is 7.84. The molecule has 0 radical (unpaired) electrons. The summed E-state index contributed by atoms with van der Waals surface area (Å²) in [5.74, 6) is 0.0269. The van der Waals surface area contributed by atoms with E-state index < -0.39 is 6.10 Å². The molecule has 2 unspecified atom stereocenters. The van der Waals surface area contributed by atoms with Crippen molar-refractivity contribution in [1.82, 2.24) is 0 Å². The van der Waals surface area contributed by atoms with Gasteiger partial charge in [0.2, 0.25) is 0 Å². The molecule has 2 rings (SSSR count). The number of thioether (sulfide) groups is 1. The van der Waals surface area contributed by atoms with Gasteiger partial charge in [-0.15, -0.1) is 0 Å². The van der Waals surface area contributed by atoms with Crippen LogP contribution in [0.5, 0.6) is 0 Å². The smallest absolute Gasteiger partial charge is 0.335 e. The number of ether oxygens (including phenoxy) is 2. The first kappa shape index (κ1) is 17.1. The maximum absolute atomic E-state index is 12.3. The van der Waals surface area contributed by atoms with Crippen LogP contribution >= 0.6 is 11.8 Å². The molecule has 120 valence electrons. The summed E-state index contributed by atoms with van der Waals surface area (Å²) >= 11 is 1.66. The number of hydrogen-bond donors (Lipinski definition) is 0. The predicted octanol–water partition coefficient (Wildman–Crippen LogP) is 4.18. The van der Waals surface area contributed by atoms with Crippen molar-refractivity contribution in [1.29, 1.82) is 0 Å². The summed E-state index contributed by atoms with van der Waals surface area (Å²) in [4.78, 5) is 12.0. The third-order valence-electron chi connectivity index (χ3n) is 3.80. The fourth-order valence-electron chi connectivity index (χ4n) is 2.48. The predicted molar refractivity (Wildman–Crippen MR) is 90.6 cm³/mol. The minimum atomic E-state index is -0.572. The Morgan fingerprint density at radius 2 is 2.05 bits per heavy atom. The molecule has 2 atom stereocenters. The lowest BCUT2D eigenvalue weighted by Crippen LogP contribution is -2.41. The van der Waals surface area contributed by atoms with Gasteiger partial charge in [-0.1, -0.05) is 62.0 Å². The van der Waals surface area contributed by atoms with Gasteiger partial charge in [-0.05, 0) is 23.8 Å². The van der Waals surface area contributed by atoms with E-state index in [-0.39, 0.29) is 10.9 Å². The highest BCUT2D eigenvalue weighted by molar-refractivity contribution is 8.03. The summed E-state index contributed by atoms with van der Waals surface area (Å²) in [5, 5.41) is 2.06. The number of esters is 1. The second-order valence-electron chi connectivity index (χ2n) is 5.71. The first-order chi connectivity index (χ1) is 10.6. The van der Waals surface area contributed by atoms with Gasteiger partial charge >= 0.3 is 5.97 Å². The molecule has 1 aliphatic rings. The molecule has 1 heterocycles. The van der Waals surface area contributed by atoms with E-state index in [1.807, 2.05) is 37.3 Å². The summed E-state index contributed by atoms with van der Waals surface area (Å²) in [6.07, 6.45) is 2.89. The molecule has 0 N–H and O–H groups in total. The molecule has 0 saturated carbocycles. The highest BCUT2D eigenvalue weighted by Gasteiger charge is 2.41. The van der Waals surface area contributed by atoms with E-state index in [1.165, 1.54) is 0 Å². The van der Waals surface area contributed by atoms with E-state index in [1.54, 1.807) is 11.8 Å². The van der Waals surface area contributed by atoms with Crippen molar-refractivity contribution >= 4 is 17.7 Å². The molecular formula is C18H24O3S. The van der Waals surface area contributed by atoms with Gasteiger partial charge < -0.3 is 9.47 Å². The standard InChI is InChI=1S/C18H24O3S/c1-4-20-17(19)16(13-15-9-6-5-7-10-15)21-18(14(2)3)11-8-12-22-18/h5-10,12,14,16H,4,11,13H2,1-3H3. The van der Waals surface area contributed by atoms with Crippen LogP contribution in [0.1, 0.15) is 32.8 Å². The Morgan fingerprint density at radius 1 is 1.32 bits per heavy atom. The summed E-state index contributed by atoms with van der Waals surface area (Å²) in [6.45, 7) is 6.45. The van der Waals surface area contributed by atoms with E-state index in [0.29, 0.717) is 18.9 Å². The SMILES string of the molecule is CCOC(=O)C(Cc1ccccc1)OC1(C(C)C)CC=CS1. The van der Waals surface area contributed by atoms with Gasteiger partial charge in [0.25, 0.3) is 0 Å². The average Bonchev–Trinajstić information content (AvgIpc) is 2.98. The van der Waals surface area contributed by atoms with Crippen LogP contribution in [-0.4, -0.2) is 23.6 Å². The van der Waals surface area contributed by atoms with Gasteiger partial charge in [0.05, 0.1) is 6.61 Å². The van der Waals surface area contributed by atoms with Crippen LogP contribution < -0.4 is 0 Å². The molecular weight excluding hydrogens is 296 g/mol. The van der Waals surface area contributed by atoms with Crippen molar-refractivity contribution in [3.63, 3.8) is 0 Å². The first-order valence-corrected chi connectivity index (χ1v) is 8.66. The molecule has 0 spiro atoms. The normalized spacial score (nSPS) is 22.0. The van der Waals surface area contributed by atoms with Crippen LogP contribution in [0.3, 0.4) is 0 Å². The number of rotatable bonds is 7. The Morgan fingerprint density at radius 3 is 2.59 bits per heavy atom. The highest BCUT2D eigenvalue weighted by atomic mass is 32.2. The molecule has 0 bridgehead atoms. The van der Waals surface area contributed by atoms with Gasteiger partial charge in [-0.3, -0.25) is 0 Å². The van der Waals surface area contributed by atoms with Gasteiger partial charge in [0, 0.05) is 12.8 Å². The lowest BCUT2D eigenvalue weighted by molar-refractivity contribution is -0.164. The summed E-state index contributed by atoms with van der Waals surface area (Å²) in [5.41, 5.74) is 1.08. The zero-order valence-electron chi connectivity index (χ0n) is 13.5. The molecule has 1 aliphatic heterocycles. The Balaban J connectivity index is 2.15. The van der Waals surface area contributed by atoms with Crippen molar-refractivity contribution in [2.45, 2.75) is 44.6 Å². The summed E-state index contributed by atoms with van der Waals surface area (Å²) in [6, 6.07) is 9.94. The third kappa shape index (κ3) is 4.14. The number of hydrogen-bond acceptors (Lipinski definition) is 4. The van der Waals surface area contributed by atoms with Gasteiger partial charge in [-0.25, -0.2) is 4.79 Å². The molecule has 0 saturated heterocycles. The Labute approximate surface area is 137 Å². The summed E-state index contributed by atoms with van der Waals surface area (Å²) < 4.78 is 11.5. The average molecular weight is 320 g/mol. The van der Waals surface area contributed by atoms with Crippen LogP contribution in [0.15, 0.2) is 41.8 Å². The molecule has 4 heteroatoms. The molecule has 0 aromatic heterocycles. The van der Waals surface area contributed by atoms with Crippen LogP contribution in [0, 0.1) is 5.92 Å². The summed E-state index contributed by atoms with van der Waals surface area (Å²) in [7, 11) is 0. The van der Waals surface area contributed by atoms with E-state index in [4.69, 9.17) is 9.47 Å². The molecule has 1 aromatic carbocycles. The minimum absolute atomic E-state index is 0.279. The maximum Gasteiger partial charge on any atom is 0.335 e. The van der Waals surface area contributed by atoms with Gasteiger partial charge in [0.15, 0.2) is 6.10 Å². The van der Waals surface area contributed by atoms with Crippen molar-refractivity contribution in [2.24, 2.45) is 5.92 Å². The third-order valence-corrected chi connectivity index (χ3v) is 5.26. The van der Waals surface area contributed by atoms with Crippen molar-refractivity contribution in [2.75, 3.05) is 6.61 Å². The maximum atomic E-state index is 12.3. The molecule has 0 fully saturated rings. The van der Waals surface area contributed by atoms with E-state index >= 15 is 0 Å². The monoisotopic (exact) mass is 320 g/mol. The fraction of sp³-hybridized carbons (Fsp3) is 0.500. The zero-order chi connectivity index (χ0) is 16.0. The van der Waals surface area contributed by atoms with E-state index in [2.05, 4.69) is 25.3 Å². The lowest BCUT2D eigenvalue weighted by Gasteiger charge is -2.35. The van der Waals surface area contributed by atoms with Gasteiger partial charge in [-0.2, -0.15) is 0 Å². The topological polar surface area (TPSA) is 35.5 Å². The second-order valence-corrected chi connectivity index (χ2v) is 6.91. The molecule has 0 aliphatic carbocycles. The quantitative estimate of drug-likeness (QED) is 0.706. The molecule has 0 amide bonds. The number of carbonyl (C=O) groups is 1. The Bertz CT molecular complexity index is 502. The lowest BCUT2D eigenvalue weighted by atomic mass is 10.0. The largest absolute Gasteiger partial charge is 0.464 e. The van der Waals surface area contributed by atoms with Gasteiger partial charge in [0.1, 0.15) is 4.93 Å². The van der Waals surface area contributed by atoms with E-state index in [9.17, 15) is 4.79 Å². The van der Waals surface area contributed by atoms with Crippen LogP contribution in [-0.2, 0) is 20.7 Å². The van der Waals surface area contributed by atoms with Crippen molar-refractivity contribution in [3.8, 4) is 0 Å². The van der Waals surface area contributed by atoms with Crippen molar-refractivity contribution < 1.29 is 14.3 Å². The number of carbonyl (C=O) groups excluding carboxylic acids is 1. The van der Waals surface area contributed by atoms with E-state index in [0.717, 1.165) is 12.0 Å². The van der Waals surface area contributed by atoms with Crippen LogP contribution in [0.2, 0.25) is 0 Å². The molecule has 22 heavy (non-hydrogen) atoms. The van der Waals surface area contributed by atoms with Crippen LogP contribution in [0.4, 0.5) is 0 Å².